The van der Waals surface area contributed by atoms with E-state index in [4.69, 9.17) is 0 Å². The van der Waals surface area contributed by atoms with Crippen LogP contribution in [0.3, 0.4) is 0 Å². The summed E-state index contributed by atoms with van der Waals surface area (Å²) in [4.78, 5) is 12.3. The van der Waals surface area contributed by atoms with Crippen LogP contribution in [-0.2, 0) is 0 Å². The van der Waals surface area contributed by atoms with Crippen LogP contribution in [0.1, 0.15) is 34.8 Å². The highest BCUT2D eigenvalue weighted by Crippen LogP contribution is 2.23. The van der Waals surface area contributed by atoms with E-state index in [0.29, 0.717) is 0 Å². The molecule has 0 aliphatic rings. The highest BCUT2D eigenvalue weighted by molar-refractivity contribution is 5.81. The van der Waals surface area contributed by atoms with Crippen LogP contribution in [0.4, 0.5) is 0 Å². The van der Waals surface area contributed by atoms with E-state index in [9.17, 15) is 9.90 Å². The van der Waals surface area contributed by atoms with Crippen LogP contribution in [0.2, 0.25) is 0 Å². The Labute approximate surface area is 112 Å². The summed E-state index contributed by atoms with van der Waals surface area (Å²) in [6, 6.07) is 11.0. The van der Waals surface area contributed by atoms with E-state index >= 15 is 0 Å². The predicted molar refractivity (Wildman–Crippen MR) is 72.9 cm³/mol. The average Bonchev–Trinajstić information content (AvgIpc) is 2.76. The number of aliphatic hydroxyl groups is 1. The van der Waals surface area contributed by atoms with E-state index in [1.807, 2.05) is 50.2 Å². The maximum atomic E-state index is 12.3. The lowest BCUT2D eigenvalue weighted by atomic mass is 9.97. The Bertz CT molecular complexity index is 575. The second-order valence-corrected chi connectivity index (χ2v) is 4.82. The largest absolute Gasteiger partial charge is 0.388 e. The number of carbonyl (C=O) groups is 1. The normalized spacial score (nSPS) is 14.1. The summed E-state index contributed by atoms with van der Waals surface area (Å²) < 4.78 is 1.37. The van der Waals surface area contributed by atoms with Crippen LogP contribution in [0.5, 0.6) is 0 Å². The van der Waals surface area contributed by atoms with Gasteiger partial charge in [-0.1, -0.05) is 37.3 Å². The molecular formula is C15H18N2O2. The van der Waals surface area contributed by atoms with Gasteiger partial charge in [0.15, 0.2) is 0 Å². The highest BCUT2D eigenvalue weighted by Gasteiger charge is 2.26. The lowest BCUT2D eigenvalue weighted by molar-refractivity contribution is 0.0610. The van der Waals surface area contributed by atoms with Gasteiger partial charge >= 0.3 is 0 Å². The van der Waals surface area contributed by atoms with Gasteiger partial charge in [0.05, 0.1) is 17.7 Å². The summed E-state index contributed by atoms with van der Waals surface area (Å²) in [7, 11) is 0. The molecule has 1 heterocycles. The highest BCUT2D eigenvalue weighted by atomic mass is 16.3. The quantitative estimate of drug-likeness (QED) is 0.920. The molecule has 0 bridgehead atoms. The molecule has 0 amide bonds. The first kappa shape index (κ1) is 13.5. The van der Waals surface area contributed by atoms with Crippen molar-refractivity contribution < 1.29 is 9.90 Å². The van der Waals surface area contributed by atoms with Gasteiger partial charge in [0.1, 0.15) is 0 Å². The van der Waals surface area contributed by atoms with Gasteiger partial charge in [-0.15, -0.1) is 0 Å². The van der Waals surface area contributed by atoms with E-state index in [1.165, 1.54) is 4.68 Å². The van der Waals surface area contributed by atoms with Gasteiger partial charge in [-0.3, -0.25) is 4.79 Å². The summed E-state index contributed by atoms with van der Waals surface area (Å²) in [6.45, 7) is 5.39. The number of nitrogens with zero attached hydrogens (tertiary/aromatic N) is 2. The molecule has 0 radical (unpaired) electrons. The number of hydrogen-bond acceptors (Lipinski definition) is 3. The number of aliphatic hydroxyl groups excluding tert-OH is 1. The van der Waals surface area contributed by atoms with Crippen molar-refractivity contribution in [2.75, 3.05) is 0 Å². The van der Waals surface area contributed by atoms with Crippen molar-refractivity contribution in [3.63, 3.8) is 0 Å². The Morgan fingerprint density at radius 3 is 2.42 bits per heavy atom. The number of benzene rings is 1. The standard InChI is InChI=1S/C15H18N2O2/c1-10-9-11(2)17(16-10)15(19)12(3)14(18)13-7-5-4-6-8-13/h4-9,12,14,18H,1-3H3/t12-,14-/m0/s1. The molecule has 2 atom stereocenters. The molecule has 0 fully saturated rings. The van der Waals surface area contributed by atoms with Gasteiger partial charge in [0.25, 0.3) is 5.91 Å². The van der Waals surface area contributed by atoms with E-state index in [-0.39, 0.29) is 5.91 Å². The van der Waals surface area contributed by atoms with E-state index < -0.39 is 12.0 Å². The van der Waals surface area contributed by atoms with Crippen molar-refractivity contribution in [1.29, 1.82) is 0 Å². The van der Waals surface area contributed by atoms with Gasteiger partial charge in [0.2, 0.25) is 0 Å². The summed E-state index contributed by atoms with van der Waals surface area (Å²) >= 11 is 0. The zero-order valence-corrected chi connectivity index (χ0v) is 11.4. The van der Waals surface area contributed by atoms with Crippen molar-refractivity contribution in [3.05, 3.63) is 53.3 Å². The number of aromatic nitrogens is 2. The average molecular weight is 258 g/mol. The fourth-order valence-corrected chi connectivity index (χ4v) is 2.12. The Morgan fingerprint density at radius 2 is 1.89 bits per heavy atom. The van der Waals surface area contributed by atoms with Crippen LogP contribution < -0.4 is 0 Å². The van der Waals surface area contributed by atoms with Crippen molar-refractivity contribution in [2.24, 2.45) is 5.92 Å². The van der Waals surface area contributed by atoms with Gasteiger partial charge in [0, 0.05) is 5.69 Å². The molecule has 19 heavy (non-hydrogen) atoms. The first-order valence-corrected chi connectivity index (χ1v) is 6.31. The van der Waals surface area contributed by atoms with Crippen LogP contribution >= 0.6 is 0 Å². The SMILES string of the molecule is Cc1cc(C)n(C(=O)[C@@H](C)[C@H](O)c2ccccc2)n1. The summed E-state index contributed by atoms with van der Waals surface area (Å²) in [5, 5.41) is 14.4. The second-order valence-electron chi connectivity index (χ2n) is 4.82. The van der Waals surface area contributed by atoms with Crippen molar-refractivity contribution >= 4 is 5.91 Å². The van der Waals surface area contributed by atoms with Crippen molar-refractivity contribution in [3.8, 4) is 0 Å². The number of aryl methyl sites for hydroxylation is 2. The predicted octanol–water partition coefficient (Wildman–Crippen LogP) is 2.51. The smallest absolute Gasteiger partial charge is 0.252 e. The molecule has 1 aromatic carbocycles. The van der Waals surface area contributed by atoms with Crippen molar-refractivity contribution in [1.82, 2.24) is 9.78 Å². The van der Waals surface area contributed by atoms with Gasteiger partial charge in [-0.05, 0) is 25.5 Å². The third-order valence-corrected chi connectivity index (χ3v) is 3.22. The number of rotatable bonds is 3. The minimum absolute atomic E-state index is 0.193. The third-order valence-electron chi connectivity index (χ3n) is 3.22. The van der Waals surface area contributed by atoms with E-state index in [0.717, 1.165) is 17.0 Å². The van der Waals surface area contributed by atoms with Crippen LogP contribution in [-0.4, -0.2) is 20.8 Å². The molecule has 0 saturated heterocycles. The van der Waals surface area contributed by atoms with Gasteiger partial charge < -0.3 is 5.11 Å². The molecule has 0 saturated carbocycles. The number of carbonyl (C=O) groups excluding carboxylic acids is 1. The molecule has 4 heteroatoms. The zero-order valence-electron chi connectivity index (χ0n) is 11.4. The third kappa shape index (κ3) is 2.74. The molecule has 0 unspecified atom stereocenters. The fourth-order valence-electron chi connectivity index (χ4n) is 2.12. The fraction of sp³-hybridized carbons (Fsp3) is 0.333. The Morgan fingerprint density at radius 1 is 1.26 bits per heavy atom. The summed E-state index contributed by atoms with van der Waals surface area (Å²) in [5.41, 5.74) is 2.33. The first-order valence-electron chi connectivity index (χ1n) is 6.31. The maximum Gasteiger partial charge on any atom is 0.252 e. The molecule has 0 spiro atoms. The molecule has 0 aliphatic heterocycles. The number of hydrogen-bond donors (Lipinski definition) is 1. The Balaban J connectivity index is 2.22. The molecule has 1 N–H and O–H groups in total. The topological polar surface area (TPSA) is 55.1 Å². The lowest BCUT2D eigenvalue weighted by Gasteiger charge is -2.18. The molecule has 2 rings (SSSR count). The zero-order chi connectivity index (χ0) is 14.0. The van der Waals surface area contributed by atoms with Crippen LogP contribution in [0, 0.1) is 19.8 Å². The lowest BCUT2D eigenvalue weighted by Crippen LogP contribution is -2.26. The first-order chi connectivity index (χ1) is 9.00. The van der Waals surface area contributed by atoms with Crippen LogP contribution in [0.15, 0.2) is 36.4 Å². The molecule has 0 aliphatic carbocycles. The molecule has 2 aromatic rings. The van der Waals surface area contributed by atoms with Gasteiger partial charge in [-0.25, -0.2) is 4.68 Å². The van der Waals surface area contributed by atoms with Gasteiger partial charge in [-0.2, -0.15) is 5.10 Å². The molecular weight excluding hydrogens is 240 g/mol. The molecule has 100 valence electrons. The summed E-state index contributed by atoms with van der Waals surface area (Å²) in [6.07, 6.45) is -0.822. The second kappa shape index (κ2) is 5.36. The van der Waals surface area contributed by atoms with Crippen LogP contribution in [0.25, 0.3) is 0 Å². The molecule has 4 nitrogen and oxygen atoms in total. The Kier molecular flexibility index (Phi) is 3.81. The Hall–Kier alpha value is -1.94. The monoisotopic (exact) mass is 258 g/mol. The summed E-state index contributed by atoms with van der Waals surface area (Å²) in [5.74, 6) is -0.734. The van der Waals surface area contributed by atoms with Crippen molar-refractivity contribution in [2.45, 2.75) is 26.9 Å². The van der Waals surface area contributed by atoms with E-state index in [2.05, 4.69) is 5.10 Å². The molecule has 1 aromatic heterocycles. The van der Waals surface area contributed by atoms with E-state index in [1.54, 1.807) is 6.92 Å². The minimum Gasteiger partial charge on any atom is -0.388 e. The minimum atomic E-state index is -0.822. The maximum absolute atomic E-state index is 12.3.